The molecule has 0 atom stereocenters. The highest BCUT2D eigenvalue weighted by Gasteiger charge is 2.16. The van der Waals surface area contributed by atoms with E-state index in [1.54, 1.807) is 0 Å². The van der Waals surface area contributed by atoms with Crippen LogP contribution in [0.25, 0.3) is 0 Å². The average Bonchev–Trinajstić information content (AvgIpc) is 3.21. The van der Waals surface area contributed by atoms with Gasteiger partial charge < -0.3 is 10.4 Å². The van der Waals surface area contributed by atoms with E-state index in [4.69, 9.17) is 5.11 Å². The molecule has 3 aromatic rings. The normalized spacial score (nSPS) is 10.7. The number of aromatic carboxylic acids is 1. The van der Waals surface area contributed by atoms with Crippen molar-refractivity contribution in [2.24, 2.45) is 0 Å². The molecule has 1 aromatic carbocycles. The first-order chi connectivity index (χ1) is 13.0. The average molecular weight is 367 g/mol. The quantitative estimate of drug-likeness (QED) is 0.668. The molecule has 0 unspecified atom stereocenters. The molecule has 140 valence electrons. The van der Waals surface area contributed by atoms with Gasteiger partial charge in [0.1, 0.15) is 5.69 Å². The summed E-state index contributed by atoms with van der Waals surface area (Å²) in [5.41, 5.74) is 3.48. The number of hydrogen-bond acceptors (Lipinski definition) is 4. The second kappa shape index (κ2) is 7.86. The van der Waals surface area contributed by atoms with Gasteiger partial charge >= 0.3 is 5.97 Å². The van der Waals surface area contributed by atoms with Crippen LogP contribution in [0.15, 0.2) is 42.6 Å². The van der Waals surface area contributed by atoms with E-state index in [2.05, 4.69) is 15.5 Å². The Labute approximate surface area is 156 Å². The van der Waals surface area contributed by atoms with Gasteiger partial charge in [-0.25, -0.2) is 4.79 Å². The molecule has 3 rings (SSSR count). The van der Waals surface area contributed by atoms with Crippen molar-refractivity contribution in [3.63, 3.8) is 0 Å². The molecule has 2 heterocycles. The smallest absolute Gasteiger partial charge is 0.354 e. The Hall–Kier alpha value is -3.42. The van der Waals surface area contributed by atoms with Crippen molar-refractivity contribution < 1.29 is 14.7 Å². The third kappa shape index (κ3) is 4.22. The summed E-state index contributed by atoms with van der Waals surface area (Å²) in [5.74, 6) is -1.28. The van der Waals surface area contributed by atoms with Gasteiger partial charge in [0, 0.05) is 12.6 Å². The highest BCUT2D eigenvalue weighted by molar-refractivity contribution is 5.92. The molecule has 0 aliphatic rings. The number of nitrogens with zero attached hydrogens (tertiary/aromatic N) is 4. The van der Waals surface area contributed by atoms with Crippen LogP contribution in [0.5, 0.6) is 0 Å². The van der Waals surface area contributed by atoms with Crippen molar-refractivity contribution in [1.29, 1.82) is 0 Å². The summed E-state index contributed by atoms with van der Waals surface area (Å²) < 4.78 is 3.16. The lowest BCUT2D eigenvalue weighted by Crippen LogP contribution is -2.18. The number of anilines is 1. The number of aromatic nitrogens is 4. The van der Waals surface area contributed by atoms with E-state index in [9.17, 15) is 9.59 Å². The molecular formula is C19H21N5O3. The fourth-order valence-corrected chi connectivity index (χ4v) is 2.89. The van der Waals surface area contributed by atoms with Crippen molar-refractivity contribution in [3.8, 4) is 0 Å². The first-order valence-corrected chi connectivity index (χ1v) is 8.58. The van der Waals surface area contributed by atoms with Gasteiger partial charge in [-0.05, 0) is 25.5 Å². The molecule has 0 bridgehead atoms. The minimum Gasteiger partial charge on any atom is -0.477 e. The highest BCUT2D eigenvalue weighted by Crippen LogP contribution is 2.20. The van der Waals surface area contributed by atoms with Crippen LogP contribution >= 0.6 is 0 Å². The molecule has 2 N–H and O–H groups in total. The number of aryl methyl sites for hydroxylation is 2. The first-order valence-electron chi connectivity index (χ1n) is 8.58. The maximum Gasteiger partial charge on any atom is 0.354 e. The van der Waals surface area contributed by atoms with Gasteiger partial charge in [-0.2, -0.15) is 10.2 Å². The van der Waals surface area contributed by atoms with Crippen LogP contribution in [0.4, 0.5) is 5.69 Å². The summed E-state index contributed by atoms with van der Waals surface area (Å²) in [5, 5.41) is 20.4. The Morgan fingerprint density at radius 3 is 2.56 bits per heavy atom. The SMILES string of the molecule is Cc1nn(Cc2ccccc2)c(C)c1NC(=O)CCn1nccc1C(=O)O. The van der Waals surface area contributed by atoms with Crippen LogP contribution in [0.3, 0.4) is 0 Å². The van der Waals surface area contributed by atoms with Gasteiger partial charge in [-0.3, -0.25) is 14.2 Å². The number of benzene rings is 1. The lowest BCUT2D eigenvalue weighted by Gasteiger charge is -2.08. The van der Waals surface area contributed by atoms with Crippen LogP contribution < -0.4 is 5.32 Å². The second-order valence-corrected chi connectivity index (χ2v) is 6.23. The van der Waals surface area contributed by atoms with E-state index in [0.29, 0.717) is 12.2 Å². The zero-order valence-corrected chi connectivity index (χ0v) is 15.2. The number of hydrogen-bond donors (Lipinski definition) is 2. The topological polar surface area (TPSA) is 102 Å². The molecule has 0 spiro atoms. The first kappa shape index (κ1) is 18.4. The zero-order valence-electron chi connectivity index (χ0n) is 15.2. The molecule has 0 aliphatic carbocycles. The summed E-state index contributed by atoms with van der Waals surface area (Å²) >= 11 is 0. The molecule has 8 heteroatoms. The number of carboxylic acid groups (broad SMARTS) is 1. The number of nitrogens with one attached hydrogen (secondary N) is 1. The van der Waals surface area contributed by atoms with Crippen LogP contribution in [-0.4, -0.2) is 36.5 Å². The lowest BCUT2D eigenvalue weighted by molar-refractivity contribution is -0.116. The van der Waals surface area contributed by atoms with Crippen LogP contribution in [-0.2, 0) is 17.9 Å². The van der Waals surface area contributed by atoms with Crippen molar-refractivity contribution in [2.75, 3.05) is 5.32 Å². The predicted octanol–water partition coefficient (Wildman–Crippen LogP) is 2.47. The standard InChI is InChI=1S/C19H21N5O3/c1-13-18(14(2)24(22-13)12-15-6-4-3-5-7-15)21-17(25)9-11-23-16(19(26)27)8-10-20-23/h3-8,10H,9,11-12H2,1-2H3,(H,21,25)(H,26,27). The van der Waals surface area contributed by atoms with Gasteiger partial charge in [0.05, 0.1) is 30.2 Å². The van der Waals surface area contributed by atoms with Crippen LogP contribution in [0.1, 0.15) is 33.9 Å². The van der Waals surface area contributed by atoms with Gasteiger partial charge in [0.2, 0.25) is 5.91 Å². The summed E-state index contributed by atoms with van der Waals surface area (Å²) in [4.78, 5) is 23.4. The number of rotatable bonds is 7. The van der Waals surface area contributed by atoms with Gasteiger partial charge in [0.15, 0.2) is 0 Å². The predicted molar refractivity (Wildman–Crippen MR) is 99.7 cm³/mol. The van der Waals surface area contributed by atoms with Crippen LogP contribution in [0, 0.1) is 13.8 Å². The van der Waals surface area contributed by atoms with Crippen molar-refractivity contribution >= 4 is 17.6 Å². The molecule has 8 nitrogen and oxygen atoms in total. The maximum atomic E-state index is 12.3. The molecule has 0 aliphatic heterocycles. The lowest BCUT2D eigenvalue weighted by atomic mass is 10.2. The molecule has 27 heavy (non-hydrogen) atoms. The zero-order chi connectivity index (χ0) is 19.4. The number of amides is 1. The van der Waals surface area contributed by atoms with E-state index in [1.165, 1.54) is 16.9 Å². The Bertz CT molecular complexity index is 959. The highest BCUT2D eigenvalue weighted by atomic mass is 16.4. The Morgan fingerprint density at radius 2 is 1.85 bits per heavy atom. The summed E-state index contributed by atoms with van der Waals surface area (Å²) in [7, 11) is 0. The third-order valence-electron chi connectivity index (χ3n) is 4.31. The molecule has 2 aromatic heterocycles. The number of carbonyl (C=O) groups excluding carboxylic acids is 1. The van der Waals surface area contributed by atoms with Crippen molar-refractivity contribution in [2.45, 2.75) is 33.4 Å². The van der Waals surface area contributed by atoms with Crippen molar-refractivity contribution in [1.82, 2.24) is 19.6 Å². The van der Waals surface area contributed by atoms with Crippen LogP contribution in [0.2, 0.25) is 0 Å². The van der Waals surface area contributed by atoms with E-state index in [1.807, 2.05) is 48.9 Å². The second-order valence-electron chi connectivity index (χ2n) is 6.23. The Kier molecular flexibility index (Phi) is 5.35. The summed E-state index contributed by atoms with van der Waals surface area (Å²) in [6, 6.07) is 11.4. The largest absolute Gasteiger partial charge is 0.477 e. The van der Waals surface area contributed by atoms with E-state index >= 15 is 0 Å². The number of carbonyl (C=O) groups is 2. The van der Waals surface area contributed by atoms with Gasteiger partial charge in [0.25, 0.3) is 0 Å². The molecule has 1 amide bonds. The fourth-order valence-electron chi connectivity index (χ4n) is 2.89. The molecule has 0 fully saturated rings. The maximum absolute atomic E-state index is 12.3. The monoisotopic (exact) mass is 367 g/mol. The summed E-state index contributed by atoms with van der Waals surface area (Å²) in [6.45, 7) is 4.57. The van der Waals surface area contributed by atoms with E-state index < -0.39 is 5.97 Å². The molecule has 0 saturated carbocycles. The molecular weight excluding hydrogens is 346 g/mol. The fraction of sp³-hybridized carbons (Fsp3) is 0.263. The Morgan fingerprint density at radius 1 is 1.11 bits per heavy atom. The third-order valence-corrected chi connectivity index (χ3v) is 4.31. The number of carboxylic acids is 1. The van der Waals surface area contributed by atoms with Gasteiger partial charge in [-0.1, -0.05) is 30.3 Å². The minimum atomic E-state index is -1.07. The van der Waals surface area contributed by atoms with Gasteiger partial charge in [-0.15, -0.1) is 0 Å². The van der Waals surface area contributed by atoms with Crippen molar-refractivity contribution in [3.05, 3.63) is 65.2 Å². The Balaban J connectivity index is 1.65. The van der Waals surface area contributed by atoms with E-state index in [0.717, 1.165) is 17.0 Å². The summed E-state index contributed by atoms with van der Waals surface area (Å²) in [6.07, 6.45) is 1.52. The molecule has 0 radical (unpaired) electrons. The van der Waals surface area contributed by atoms with E-state index in [-0.39, 0.29) is 24.6 Å². The molecule has 0 saturated heterocycles. The minimum absolute atomic E-state index is 0.0610.